The average Bonchev–Trinajstić information content (AvgIpc) is 2.55. The van der Waals surface area contributed by atoms with E-state index in [9.17, 15) is 14.4 Å². The monoisotopic (exact) mass is 376 g/mol. The summed E-state index contributed by atoms with van der Waals surface area (Å²) in [6.07, 6.45) is 0.493. The van der Waals surface area contributed by atoms with Crippen LogP contribution in [0.2, 0.25) is 0 Å². The molecule has 0 heterocycles. The Morgan fingerprint density at radius 3 is 1.62 bits per heavy atom. The highest BCUT2D eigenvalue weighted by Crippen LogP contribution is 2.18. The Labute approximate surface area is 154 Å². The molecule has 152 valence electrons. The second kappa shape index (κ2) is 14.7. The molecule has 0 aliphatic carbocycles. The average molecular weight is 376 g/mol. The van der Waals surface area contributed by atoms with Gasteiger partial charge in [-0.25, -0.2) is 0 Å². The van der Waals surface area contributed by atoms with Gasteiger partial charge >= 0.3 is 0 Å². The maximum Gasteiger partial charge on any atom is 0.246 e. The first-order chi connectivity index (χ1) is 12.4. The SMILES string of the molecule is CC(COCC(=O)CCN)(COCC(=O)CCN)COCC(=O)NCN. The van der Waals surface area contributed by atoms with Crippen LogP contribution in [0.3, 0.4) is 0 Å². The highest BCUT2D eigenvalue weighted by atomic mass is 16.5. The summed E-state index contributed by atoms with van der Waals surface area (Å²) < 4.78 is 16.3. The zero-order valence-corrected chi connectivity index (χ0v) is 15.5. The Morgan fingerprint density at radius 2 is 1.23 bits per heavy atom. The molecular weight excluding hydrogens is 344 g/mol. The molecule has 1 amide bonds. The topological polar surface area (TPSA) is 169 Å². The lowest BCUT2D eigenvalue weighted by atomic mass is 9.94. The van der Waals surface area contributed by atoms with Crippen LogP contribution >= 0.6 is 0 Å². The standard InChI is InChI=1S/C16H32N4O6/c1-16(9-24-6-13(21)2-4-17,10-25-7-14(22)3-5-18)11-26-8-15(23)20-12-19/h2-12,17-19H2,1H3,(H,20,23). The van der Waals surface area contributed by atoms with Crippen molar-refractivity contribution in [2.75, 3.05) is 59.4 Å². The van der Waals surface area contributed by atoms with Gasteiger partial charge in [0.25, 0.3) is 0 Å². The van der Waals surface area contributed by atoms with E-state index in [4.69, 9.17) is 31.4 Å². The Hall–Kier alpha value is -1.43. The van der Waals surface area contributed by atoms with Gasteiger partial charge in [-0.1, -0.05) is 6.92 Å². The van der Waals surface area contributed by atoms with Crippen molar-refractivity contribution in [3.63, 3.8) is 0 Å². The summed E-state index contributed by atoms with van der Waals surface area (Å²) in [6, 6.07) is 0. The molecule has 0 fully saturated rings. The van der Waals surface area contributed by atoms with Gasteiger partial charge in [0.05, 0.1) is 26.5 Å². The fourth-order valence-electron chi connectivity index (χ4n) is 1.97. The van der Waals surface area contributed by atoms with Gasteiger partial charge in [-0.15, -0.1) is 0 Å². The van der Waals surface area contributed by atoms with Crippen molar-refractivity contribution in [1.82, 2.24) is 5.32 Å². The van der Waals surface area contributed by atoms with Gasteiger partial charge in [-0.3, -0.25) is 14.4 Å². The third-order valence-corrected chi connectivity index (χ3v) is 3.26. The van der Waals surface area contributed by atoms with Crippen molar-refractivity contribution >= 4 is 17.5 Å². The number of amides is 1. The minimum atomic E-state index is -0.644. The summed E-state index contributed by atoms with van der Waals surface area (Å²) in [5.41, 5.74) is 15.2. The van der Waals surface area contributed by atoms with Crippen LogP contribution in [-0.2, 0) is 28.6 Å². The van der Waals surface area contributed by atoms with Gasteiger partial charge in [0.2, 0.25) is 5.91 Å². The summed E-state index contributed by atoms with van der Waals surface area (Å²) in [4.78, 5) is 34.4. The van der Waals surface area contributed by atoms with E-state index in [1.165, 1.54) is 0 Å². The number of Topliss-reactive ketones (excluding diaryl/α,β-unsaturated/α-hetero) is 2. The van der Waals surface area contributed by atoms with Crippen molar-refractivity contribution in [3.8, 4) is 0 Å². The molecule has 0 aromatic rings. The highest BCUT2D eigenvalue weighted by molar-refractivity contribution is 5.80. The van der Waals surface area contributed by atoms with Crippen LogP contribution in [0, 0.1) is 5.41 Å². The lowest BCUT2D eigenvalue weighted by molar-refractivity contribution is -0.132. The third-order valence-electron chi connectivity index (χ3n) is 3.26. The predicted octanol–water partition coefficient (Wildman–Crippen LogP) is -2.09. The number of hydrogen-bond acceptors (Lipinski definition) is 9. The van der Waals surface area contributed by atoms with Crippen LogP contribution in [0.4, 0.5) is 0 Å². The number of carbonyl (C=O) groups excluding carboxylic acids is 3. The summed E-state index contributed by atoms with van der Waals surface area (Å²) in [5.74, 6) is -0.540. The zero-order chi connectivity index (χ0) is 19.8. The van der Waals surface area contributed by atoms with Gasteiger partial charge in [-0.2, -0.15) is 0 Å². The molecule has 0 saturated heterocycles. The van der Waals surface area contributed by atoms with E-state index in [0.717, 1.165) is 0 Å². The number of hydrogen-bond donors (Lipinski definition) is 4. The maximum atomic E-state index is 11.5. The molecule has 0 aliphatic rings. The van der Waals surface area contributed by atoms with Crippen molar-refractivity contribution in [2.24, 2.45) is 22.6 Å². The van der Waals surface area contributed by atoms with E-state index < -0.39 is 5.41 Å². The van der Waals surface area contributed by atoms with Crippen LogP contribution in [0.15, 0.2) is 0 Å². The molecule has 0 radical (unpaired) electrons. The fourth-order valence-corrected chi connectivity index (χ4v) is 1.97. The van der Waals surface area contributed by atoms with Crippen molar-refractivity contribution in [3.05, 3.63) is 0 Å². The number of nitrogens with one attached hydrogen (secondary N) is 1. The first-order valence-electron chi connectivity index (χ1n) is 8.50. The second-order valence-corrected chi connectivity index (χ2v) is 6.25. The Bertz CT molecular complexity index is 373. The van der Waals surface area contributed by atoms with Crippen LogP contribution < -0.4 is 22.5 Å². The fraction of sp³-hybridized carbons (Fsp3) is 0.812. The molecule has 7 N–H and O–H groups in total. The van der Waals surface area contributed by atoms with Gasteiger partial charge in [0, 0.05) is 18.3 Å². The lowest BCUT2D eigenvalue weighted by Crippen LogP contribution is -2.38. The lowest BCUT2D eigenvalue weighted by Gasteiger charge is -2.28. The quantitative estimate of drug-likeness (QED) is 0.208. The number of rotatable bonds is 17. The van der Waals surface area contributed by atoms with E-state index in [1.54, 1.807) is 0 Å². The molecular formula is C16H32N4O6. The number of nitrogens with two attached hydrogens (primary N) is 3. The Morgan fingerprint density at radius 1 is 0.808 bits per heavy atom. The molecule has 10 nitrogen and oxygen atoms in total. The normalized spacial score (nSPS) is 11.4. The van der Waals surface area contributed by atoms with Crippen LogP contribution in [0.25, 0.3) is 0 Å². The van der Waals surface area contributed by atoms with Crippen molar-refractivity contribution < 1.29 is 28.6 Å². The number of ketones is 2. The molecule has 0 rings (SSSR count). The first-order valence-corrected chi connectivity index (χ1v) is 8.50. The molecule has 10 heteroatoms. The van der Waals surface area contributed by atoms with Gasteiger partial charge in [-0.05, 0) is 13.1 Å². The number of carbonyl (C=O) groups is 3. The van der Waals surface area contributed by atoms with Gasteiger partial charge < -0.3 is 36.7 Å². The minimum Gasteiger partial charge on any atom is -0.373 e. The second-order valence-electron chi connectivity index (χ2n) is 6.25. The first kappa shape index (κ1) is 24.6. The van der Waals surface area contributed by atoms with E-state index in [2.05, 4.69) is 5.32 Å². The minimum absolute atomic E-state index is 0.0260. The van der Waals surface area contributed by atoms with Gasteiger partial charge in [0.1, 0.15) is 19.8 Å². The molecule has 0 bridgehead atoms. The summed E-state index contributed by atoms with van der Waals surface area (Å²) in [7, 11) is 0. The van der Waals surface area contributed by atoms with Crippen LogP contribution in [0.1, 0.15) is 19.8 Å². The molecule has 0 saturated carbocycles. The molecule has 0 aromatic carbocycles. The summed E-state index contributed by atoms with van der Waals surface area (Å²) in [6.45, 7) is 2.55. The number of ether oxygens (including phenoxy) is 3. The molecule has 0 spiro atoms. The Kier molecular flexibility index (Phi) is 13.9. The van der Waals surface area contributed by atoms with Crippen LogP contribution in [-0.4, -0.2) is 76.9 Å². The summed E-state index contributed by atoms with van der Waals surface area (Å²) in [5, 5.41) is 2.41. The largest absolute Gasteiger partial charge is 0.373 e. The van der Waals surface area contributed by atoms with E-state index in [-0.39, 0.29) is 89.7 Å². The maximum absolute atomic E-state index is 11.5. The molecule has 0 unspecified atom stereocenters. The van der Waals surface area contributed by atoms with Crippen molar-refractivity contribution in [2.45, 2.75) is 19.8 Å². The van der Waals surface area contributed by atoms with E-state index >= 15 is 0 Å². The molecule has 0 aromatic heterocycles. The Balaban J connectivity index is 4.45. The smallest absolute Gasteiger partial charge is 0.246 e. The molecule has 0 aliphatic heterocycles. The predicted molar refractivity (Wildman–Crippen MR) is 95.1 cm³/mol. The summed E-state index contributed by atoms with van der Waals surface area (Å²) >= 11 is 0. The third kappa shape index (κ3) is 12.9. The van der Waals surface area contributed by atoms with E-state index in [0.29, 0.717) is 0 Å². The van der Waals surface area contributed by atoms with Crippen LogP contribution in [0.5, 0.6) is 0 Å². The van der Waals surface area contributed by atoms with Crippen molar-refractivity contribution in [1.29, 1.82) is 0 Å². The van der Waals surface area contributed by atoms with Gasteiger partial charge in [0.15, 0.2) is 11.6 Å². The zero-order valence-electron chi connectivity index (χ0n) is 15.5. The molecule has 26 heavy (non-hydrogen) atoms. The molecule has 0 atom stereocenters. The van der Waals surface area contributed by atoms with E-state index in [1.807, 2.05) is 6.92 Å². The highest BCUT2D eigenvalue weighted by Gasteiger charge is 2.27.